The largest absolute Gasteiger partial charge is 1.00 e. The molecule has 0 radical (unpaired) electrons. The summed E-state index contributed by atoms with van der Waals surface area (Å²) >= 11 is 5.13. The number of aliphatic imine (C=N–C) groups is 2. The molecule has 0 aliphatic carbocycles. The van der Waals surface area contributed by atoms with Crippen LogP contribution in [0.15, 0.2) is 65.8 Å². The minimum absolute atomic E-state index is 0. The number of nitrogens with zero attached hydrogens (tertiary/aromatic N) is 4. The molecule has 0 amide bonds. The zero-order valence-corrected chi connectivity index (χ0v) is 16.7. The number of hydrazone groups is 2. The fraction of sp³-hybridized carbons (Fsp3) is 0.294. The van der Waals surface area contributed by atoms with Crippen LogP contribution in [0.25, 0.3) is 0 Å². The van der Waals surface area contributed by atoms with E-state index in [1.165, 1.54) is 6.34 Å². The van der Waals surface area contributed by atoms with E-state index in [-0.39, 0.29) is 22.2 Å². The smallest absolute Gasteiger partial charge is 0.741 e. The monoisotopic (exact) mass is 436 g/mol. The van der Waals surface area contributed by atoms with E-state index >= 15 is 0 Å². The number of hydrogen-bond acceptors (Lipinski definition) is 7. The Morgan fingerprint density at radius 2 is 1.78 bits per heavy atom. The van der Waals surface area contributed by atoms with Crippen LogP contribution < -0.4 is 10.9 Å². The molecule has 0 atom stereocenters. The van der Waals surface area contributed by atoms with Crippen LogP contribution in [0.3, 0.4) is 0 Å². The van der Waals surface area contributed by atoms with E-state index in [0.29, 0.717) is 19.5 Å². The van der Waals surface area contributed by atoms with Gasteiger partial charge in [-0.1, -0.05) is 6.92 Å². The van der Waals surface area contributed by atoms with Crippen LogP contribution in [-0.4, -0.2) is 22.9 Å². The van der Waals surface area contributed by atoms with Gasteiger partial charge in [0.05, 0.1) is 37.0 Å². The number of nitrogens with one attached hydrogen (secondary N) is 2. The standard InChI is InChI=1S/C17H22N6O2S.Cu/c1-3-16(22-23-17(26)19-11-15-7-5-9-25-15)13(2)21-20-12-18-10-14-6-4-8-24-14;/h4-9,12H,3,10-11H2,1-2H3,(H,18,20)(H2,19,23,26);/q;+1/p-1/b21-13+,22-16+;. The summed E-state index contributed by atoms with van der Waals surface area (Å²) in [5, 5.41) is 8.74. The van der Waals surface area contributed by atoms with Gasteiger partial charge >= 0.3 is 17.1 Å². The summed E-state index contributed by atoms with van der Waals surface area (Å²) in [5.41, 5.74) is 7.00. The molecule has 10 heteroatoms. The average molecular weight is 437 g/mol. The summed E-state index contributed by atoms with van der Waals surface area (Å²) in [7, 11) is 0. The molecule has 2 heterocycles. The Morgan fingerprint density at radius 1 is 1.11 bits per heavy atom. The third-order valence-electron chi connectivity index (χ3n) is 3.21. The van der Waals surface area contributed by atoms with Crippen molar-refractivity contribution in [1.29, 1.82) is 0 Å². The molecule has 0 fully saturated rings. The molecule has 2 rings (SSSR count). The van der Waals surface area contributed by atoms with E-state index in [2.05, 4.69) is 31.0 Å². The normalized spacial score (nSPS) is 12.9. The van der Waals surface area contributed by atoms with Gasteiger partial charge in [-0.2, -0.15) is 10.2 Å². The molecule has 0 unspecified atom stereocenters. The van der Waals surface area contributed by atoms with E-state index in [0.717, 1.165) is 22.9 Å². The average Bonchev–Trinajstić information content (AvgIpc) is 3.34. The molecule has 0 aromatic carbocycles. The Hall–Kier alpha value is -2.42. The molecule has 2 aromatic rings. The van der Waals surface area contributed by atoms with Crippen molar-refractivity contribution in [2.24, 2.45) is 20.2 Å². The minimum atomic E-state index is 0. The zero-order chi connectivity index (χ0) is 18.6. The van der Waals surface area contributed by atoms with E-state index in [4.69, 9.17) is 21.5 Å². The summed E-state index contributed by atoms with van der Waals surface area (Å²) in [4.78, 5) is 8.33. The third-order valence-corrected chi connectivity index (χ3v) is 3.43. The molecule has 0 aliphatic rings. The zero-order valence-electron chi connectivity index (χ0n) is 15.0. The van der Waals surface area contributed by atoms with Crippen molar-refractivity contribution in [1.82, 2.24) is 10.9 Å². The number of furan rings is 2. The van der Waals surface area contributed by atoms with Gasteiger partial charge in [-0.25, -0.2) is 0 Å². The van der Waals surface area contributed by atoms with E-state index in [9.17, 15) is 0 Å². The maximum Gasteiger partial charge on any atom is 1.00 e. The molecule has 27 heavy (non-hydrogen) atoms. The van der Waals surface area contributed by atoms with Gasteiger partial charge in [-0.15, -0.1) is 0 Å². The second-order valence-electron chi connectivity index (χ2n) is 5.10. The van der Waals surface area contributed by atoms with E-state index in [1.807, 2.05) is 32.0 Å². The van der Waals surface area contributed by atoms with Gasteiger partial charge in [0.2, 0.25) is 0 Å². The van der Waals surface area contributed by atoms with Gasteiger partial charge < -0.3 is 21.5 Å². The van der Waals surface area contributed by atoms with Gasteiger partial charge in [0.25, 0.3) is 0 Å². The molecule has 2 N–H and O–H groups in total. The topological polar surface area (TPSA) is 99.8 Å². The molecule has 148 valence electrons. The third kappa shape index (κ3) is 8.67. The van der Waals surface area contributed by atoms with Crippen LogP contribution in [0.2, 0.25) is 0 Å². The maximum atomic E-state index is 5.19. The SMILES string of the molecule is CCC(=N\NC([S-])=NCc1ccco1)/C(C)=N/NC=NCc1ccco1.[Cu+]. The summed E-state index contributed by atoms with van der Waals surface area (Å²) in [5.74, 6) is 1.53. The van der Waals surface area contributed by atoms with Crippen molar-refractivity contribution < 1.29 is 25.9 Å². The number of amidine groups is 1. The van der Waals surface area contributed by atoms with Gasteiger partial charge in [-0.05, 0) is 42.8 Å². The van der Waals surface area contributed by atoms with Crippen LogP contribution in [0.1, 0.15) is 31.8 Å². The maximum absolute atomic E-state index is 5.19. The second kappa shape index (κ2) is 12.9. The molecule has 2 aromatic heterocycles. The molecule has 8 nitrogen and oxygen atoms in total. The Balaban J connectivity index is 0.00000364. The van der Waals surface area contributed by atoms with Crippen LogP contribution in [0, 0.1) is 0 Å². The summed E-state index contributed by atoms with van der Waals surface area (Å²) in [6, 6.07) is 7.32. The van der Waals surface area contributed by atoms with Crippen molar-refractivity contribution in [3.05, 3.63) is 48.3 Å². The van der Waals surface area contributed by atoms with Gasteiger partial charge in [-0.3, -0.25) is 20.8 Å². The Kier molecular flexibility index (Phi) is 10.8. The Bertz CT molecular complexity index is 769. The van der Waals surface area contributed by atoms with Gasteiger partial charge in [0.1, 0.15) is 17.9 Å². The molecule has 0 bridgehead atoms. The van der Waals surface area contributed by atoms with Crippen molar-refractivity contribution in [2.75, 3.05) is 0 Å². The fourth-order valence-corrected chi connectivity index (χ4v) is 2.00. The van der Waals surface area contributed by atoms with E-state index in [1.54, 1.807) is 18.6 Å². The first kappa shape index (κ1) is 22.6. The van der Waals surface area contributed by atoms with Gasteiger partial charge in [0, 0.05) is 0 Å². The fourth-order valence-electron chi connectivity index (χ4n) is 1.89. The van der Waals surface area contributed by atoms with Crippen LogP contribution in [0.5, 0.6) is 0 Å². The molecule has 0 saturated heterocycles. The number of rotatable bonds is 9. The predicted molar refractivity (Wildman–Crippen MR) is 105 cm³/mol. The minimum Gasteiger partial charge on any atom is -0.741 e. The molecular formula is C17H21CuN6O2S. The number of hydrogen-bond donors (Lipinski definition) is 2. The quantitative estimate of drug-likeness (QED) is 0.207. The van der Waals surface area contributed by atoms with Crippen molar-refractivity contribution in [3.63, 3.8) is 0 Å². The first-order chi connectivity index (χ1) is 12.7. The van der Waals surface area contributed by atoms with Crippen molar-refractivity contribution >= 4 is 35.6 Å². The molecule has 0 spiro atoms. The molecule has 0 saturated carbocycles. The van der Waals surface area contributed by atoms with Crippen molar-refractivity contribution in [3.8, 4) is 0 Å². The molecular weight excluding hydrogens is 416 g/mol. The first-order valence-corrected chi connectivity index (χ1v) is 8.47. The van der Waals surface area contributed by atoms with Crippen molar-refractivity contribution in [2.45, 2.75) is 33.4 Å². The first-order valence-electron chi connectivity index (χ1n) is 8.06. The summed E-state index contributed by atoms with van der Waals surface area (Å²) in [6.07, 6.45) is 5.41. The Labute approximate surface area is 174 Å². The summed E-state index contributed by atoms with van der Waals surface area (Å²) in [6.45, 7) is 4.65. The summed E-state index contributed by atoms with van der Waals surface area (Å²) < 4.78 is 10.4. The van der Waals surface area contributed by atoms with Crippen LogP contribution in [-0.2, 0) is 42.8 Å². The molecule has 0 aliphatic heterocycles. The van der Waals surface area contributed by atoms with Crippen LogP contribution in [0.4, 0.5) is 0 Å². The van der Waals surface area contributed by atoms with Crippen LogP contribution >= 0.6 is 0 Å². The second-order valence-corrected chi connectivity index (χ2v) is 5.49. The van der Waals surface area contributed by atoms with E-state index < -0.39 is 0 Å². The van der Waals surface area contributed by atoms with Gasteiger partial charge in [0.15, 0.2) is 0 Å². The Morgan fingerprint density at radius 3 is 2.37 bits per heavy atom. The predicted octanol–water partition coefficient (Wildman–Crippen LogP) is 2.82.